The molecule has 0 amide bonds. The van der Waals surface area contributed by atoms with Crippen LogP contribution in [0.25, 0.3) is 0 Å². The van der Waals surface area contributed by atoms with E-state index in [1.54, 1.807) is 19.1 Å². The molecular weight excluding hydrogens is 340 g/mol. The summed E-state index contributed by atoms with van der Waals surface area (Å²) in [7, 11) is 1.95. The van der Waals surface area contributed by atoms with Gasteiger partial charge in [-0.05, 0) is 38.1 Å². The number of aromatic nitrogens is 2. The number of anilines is 4. The number of nitrogens with zero attached hydrogens (tertiary/aromatic N) is 3. The third-order valence-electron chi connectivity index (χ3n) is 4.00. The van der Waals surface area contributed by atoms with Gasteiger partial charge in [0.1, 0.15) is 17.5 Å². The van der Waals surface area contributed by atoms with Crippen LogP contribution in [0, 0.1) is 6.92 Å². The van der Waals surface area contributed by atoms with Gasteiger partial charge >= 0.3 is 5.97 Å². The molecule has 6 nitrogen and oxygen atoms in total. The molecule has 0 bridgehead atoms. The molecule has 3 aromatic rings. The van der Waals surface area contributed by atoms with Crippen LogP contribution in [0.1, 0.15) is 23.1 Å². The van der Waals surface area contributed by atoms with E-state index in [9.17, 15) is 4.79 Å². The van der Waals surface area contributed by atoms with E-state index in [1.807, 2.05) is 67.4 Å². The lowest BCUT2D eigenvalue weighted by atomic mass is 10.2. The summed E-state index contributed by atoms with van der Waals surface area (Å²) in [6.07, 6.45) is 0. The number of carbonyl (C=O) groups excluding carboxylic acids is 1. The van der Waals surface area contributed by atoms with Crippen LogP contribution in [0.15, 0.2) is 60.7 Å². The first-order valence-corrected chi connectivity index (χ1v) is 8.76. The Morgan fingerprint density at radius 1 is 1.07 bits per heavy atom. The largest absolute Gasteiger partial charge is 0.462 e. The highest BCUT2D eigenvalue weighted by Gasteiger charge is 2.14. The van der Waals surface area contributed by atoms with Gasteiger partial charge in [0.05, 0.1) is 17.9 Å². The molecule has 0 aliphatic carbocycles. The number of aryl methyl sites for hydroxylation is 1. The topological polar surface area (TPSA) is 67.3 Å². The van der Waals surface area contributed by atoms with Gasteiger partial charge in [-0.15, -0.1) is 0 Å². The Morgan fingerprint density at radius 2 is 1.78 bits per heavy atom. The minimum Gasteiger partial charge on any atom is -0.462 e. The molecule has 0 radical (unpaired) electrons. The number of esters is 1. The third-order valence-corrected chi connectivity index (χ3v) is 4.00. The van der Waals surface area contributed by atoms with E-state index in [0.717, 1.165) is 11.5 Å². The van der Waals surface area contributed by atoms with Crippen molar-refractivity contribution in [2.24, 2.45) is 0 Å². The summed E-state index contributed by atoms with van der Waals surface area (Å²) in [5.74, 6) is 1.63. The second-order valence-electron chi connectivity index (χ2n) is 5.94. The van der Waals surface area contributed by atoms with Gasteiger partial charge in [0, 0.05) is 18.8 Å². The molecule has 0 saturated carbocycles. The number of carbonyl (C=O) groups is 1. The molecule has 0 unspecified atom stereocenters. The van der Waals surface area contributed by atoms with Crippen molar-refractivity contribution in [3.8, 4) is 0 Å². The monoisotopic (exact) mass is 362 g/mol. The average molecular weight is 362 g/mol. The number of hydrogen-bond donors (Lipinski definition) is 1. The van der Waals surface area contributed by atoms with Gasteiger partial charge in [-0.1, -0.05) is 30.3 Å². The summed E-state index contributed by atoms with van der Waals surface area (Å²) in [6.45, 7) is 3.95. The molecule has 0 aliphatic rings. The highest BCUT2D eigenvalue weighted by molar-refractivity contribution is 5.96. The van der Waals surface area contributed by atoms with Gasteiger partial charge in [0.2, 0.25) is 0 Å². The van der Waals surface area contributed by atoms with Crippen LogP contribution in [0.3, 0.4) is 0 Å². The van der Waals surface area contributed by atoms with Gasteiger partial charge < -0.3 is 15.0 Å². The summed E-state index contributed by atoms with van der Waals surface area (Å²) in [6, 6.07) is 19.0. The predicted molar refractivity (Wildman–Crippen MR) is 107 cm³/mol. The quantitative estimate of drug-likeness (QED) is 0.653. The molecule has 1 aromatic heterocycles. The Bertz CT molecular complexity index is 928. The molecule has 0 saturated heterocycles. The number of para-hydroxylation sites is 2. The lowest BCUT2D eigenvalue weighted by Gasteiger charge is -2.19. The van der Waals surface area contributed by atoms with E-state index in [2.05, 4.69) is 15.3 Å². The van der Waals surface area contributed by atoms with Gasteiger partial charge in [-0.2, -0.15) is 0 Å². The molecule has 1 heterocycles. The maximum absolute atomic E-state index is 12.2. The van der Waals surface area contributed by atoms with Crippen molar-refractivity contribution < 1.29 is 9.53 Å². The molecule has 1 N–H and O–H groups in total. The van der Waals surface area contributed by atoms with Crippen LogP contribution >= 0.6 is 0 Å². The van der Waals surface area contributed by atoms with Gasteiger partial charge in [-0.3, -0.25) is 0 Å². The fourth-order valence-electron chi connectivity index (χ4n) is 2.69. The van der Waals surface area contributed by atoms with Crippen LogP contribution < -0.4 is 10.2 Å². The molecular formula is C21H22N4O2. The van der Waals surface area contributed by atoms with Crippen molar-refractivity contribution in [3.63, 3.8) is 0 Å². The van der Waals surface area contributed by atoms with Gasteiger partial charge in [-0.25, -0.2) is 14.8 Å². The van der Waals surface area contributed by atoms with Crippen LogP contribution in [-0.4, -0.2) is 29.6 Å². The number of ether oxygens (including phenoxy) is 1. The number of nitrogens with one attached hydrogen (secondary N) is 1. The van der Waals surface area contributed by atoms with Crippen molar-refractivity contribution in [1.29, 1.82) is 0 Å². The highest BCUT2D eigenvalue weighted by Crippen LogP contribution is 2.26. The highest BCUT2D eigenvalue weighted by atomic mass is 16.5. The maximum atomic E-state index is 12.2. The van der Waals surface area contributed by atoms with E-state index in [0.29, 0.717) is 29.5 Å². The summed E-state index contributed by atoms with van der Waals surface area (Å²) in [5, 5.41) is 3.22. The first kappa shape index (κ1) is 18.4. The zero-order chi connectivity index (χ0) is 19.2. The smallest absolute Gasteiger partial charge is 0.340 e. The summed E-state index contributed by atoms with van der Waals surface area (Å²) < 4.78 is 5.13. The van der Waals surface area contributed by atoms with Gasteiger partial charge in [0.25, 0.3) is 0 Å². The Morgan fingerprint density at radius 3 is 2.52 bits per heavy atom. The van der Waals surface area contributed by atoms with Gasteiger partial charge in [0.15, 0.2) is 0 Å². The van der Waals surface area contributed by atoms with Crippen molar-refractivity contribution >= 4 is 29.0 Å². The Kier molecular flexibility index (Phi) is 5.66. The fraction of sp³-hybridized carbons (Fsp3) is 0.190. The normalized spacial score (nSPS) is 10.3. The maximum Gasteiger partial charge on any atom is 0.340 e. The lowest BCUT2D eigenvalue weighted by molar-refractivity contribution is 0.0527. The second-order valence-corrected chi connectivity index (χ2v) is 5.94. The zero-order valence-electron chi connectivity index (χ0n) is 15.6. The predicted octanol–water partition coefficient (Wildman–Crippen LogP) is 4.47. The molecule has 2 aromatic carbocycles. The standard InChI is InChI=1S/C21H22N4O2/c1-4-27-21(26)17-12-8-9-13-18(17)24-19-14-20(23-15(2)22-19)25(3)16-10-6-5-7-11-16/h5-14H,4H2,1-3H3,(H,22,23,24). The third kappa shape index (κ3) is 4.41. The first-order chi connectivity index (χ1) is 13.1. The number of rotatable bonds is 6. The van der Waals surface area contributed by atoms with Crippen molar-refractivity contribution in [2.75, 3.05) is 23.9 Å². The molecule has 27 heavy (non-hydrogen) atoms. The summed E-state index contributed by atoms with van der Waals surface area (Å²) >= 11 is 0. The van der Waals surface area contributed by atoms with E-state index in [4.69, 9.17) is 4.74 Å². The molecule has 0 fully saturated rings. The molecule has 138 valence electrons. The summed E-state index contributed by atoms with van der Waals surface area (Å²) in [4.78, 5) is 23.1. The second kappa shape index (κ2) is 8.31. The summed E-state index contributed by atoms with van der Waals surface area (Å²) in [5.41, 5.74) is 2.13. The SMILES string of the molecule is CCOC(=O)c1ccccc1Nc1cc(N(C)c2ccccc2)nc(C)n1. The Hall–Kier alpha value is -3.41. The molecule has 0 spiro atoms. The van der Waals surface area contributed by atoms with Crippen molar-refractivity contribution in [1.82, 2.24) is 9.97 Å². The average Bonchev–Trinajstić information content (AvgIpc) is 2.68. The minimum atomic E-state index is -0.368. The van der Waals surface area contributed by atoms with Crippen LogP contribution in [0.5, 0.6) is 0 Å². The molecule has 3 rings (SSSR count). The van der Waals surface area contributed by atoms with E-state index < -0.39 is 0 Å². The van der Waals surface area contributed by atoms with Crippen LogP contribution in [0.2, 0.25) is 0 Å². The molecule has 0 atom stereocenters. The molecule has 6 heteroatoms. The number of hydrogen-bond acceptors (Lipinski definition) is 6. The Labute approximate surface area is 158 Å². The van der Waals surface area contributed by atoms with E-state index in [1.165, 1.54) is 0 Å². The fourth-order valence-corrected chi connectivity index (χ4v) is 2.69. The van der Waals surface area contributed by atoms with E-state index >= 15 is 0 Å². The number of benzene rings is 2. The van der Waals surface area contributed by atoms with Crippen molar-refractivity contribution in [2.45, 2.75) is 13.8 Å². The van der Waals surface area contributed by atoms with E-state index in [-0.39, 0.29) is 5.97 Å². The van der Waals surface area contributed by atoms with Crippen LogP contribution in [0.4, 0.5) is 23.0 Å². The minimum absolute atomic E-state index is 0.325. The zero-order valence-corrected chi connectivity index (χ0v) is 15.6. The first-order valence-electron chi connectivity index (χ1n) is 8.76. The lowest BCUT2D eigenvalue weighted by Crippen LogP contribution is -2.13. The molecule has 0 aliphatic heterocycles. The Balaban J connectivity index is 1.91. The van der Waals surface area contributed by atoms with Crippen molar-refractivity contribution in [3.05, 3.63) is 72.1 Å². The van der Waals surface area contributed by atoms with Crippen LogP contribution in [-0.2, 0) is 4.74 Å².